The highest BCUT2D eigenvalue weighted by Crippen LogP contribution is 2.16. The van der Waals surface area contributed by atoms with Crippen molar-refractivity contribution in [2.75, 3.05) is 0 Å². The van der Waals surface area contributed by atoms with E-state index < -0.39 is 7.12 Å². The molecule has 0 saturated heterocycles. The second-order valence-corrected chi connectivity index (χ2v) is 3.83. The molecule has 0 radical (unpaired) electrons. The van der Waals surface area contributed by atoms with E-state index in [4.69, 9.17) is 0 Å². The van der Waals surface area contributed by atoms with Crippen LogP contribution in [0.4, 0.5) is 0 Å². The van der Waals surface area contributed by atoms with Gasteiger partial charge in [0.2, 0.25) is 0 Å². The van der Waals surface area contributed by atoms with Gasteiger partial charge in [-0.25, -0.2) is 0 Å². The average molecular weight is 215 g/mol. The number of para-hydroxylation sites is 1. The maximum Gasteiger partial charge on any atom is 0.490 e. The lowest BCUT2D eigenvalue weighted by atomic mass is 9.76. The van der Waals surface area contributed by atoms with Crippen LogP contribution in [0.3, 0.4) is 0 Å². The third kappa shape index (κ3) is 1.94. The number of aromatic nitrogens is 1. The van der Waals surface area contributed by atoms with Crippen LogP contribution < -0.4 is 5.46 Å². The summed E-state index contributed by atoms with van der Waals surface area (Å²) in [5.41, 5.74) is 2.40. The third-order valence-corrected chi connectivity index (χ3v) is 2.70. The largest absolute Gasteiger partial charge is 0.490 e. The smallest absolute Gasteiger partial charge is 0.423 e. The molecule has 2 N–H and O–H groups in total. The number of benzene rings is 1. The summed E-state index contributed by atoms with van der Waals surface area (Å²) >= 11 is 0. The molecule has 2 aromatic rings. The Labute approximate surface area is 94.9 Å². The number of aryl methyl sites for hydroxylation is 1. The molecule has 0 saturated carbocycles. The van der Waals surface area contributed by atoms with Crippen LogP contribution in [0.1, 0.15) is 18.9 Å². The van der Waals surface area contributed by atoms with E-state index in [1.807, 2.05) is 24.3 Å². The summed E-state index contributed by atoms with van der Waals surface area (Å²) in [4.78, 5) is 4.23. The van der Waals surface area contributed by atoms with Gasteiger partial charge in [-0.1, -0.05) is 31.5 Å². The van der Waals surface area contributed by atoms with Gasteiger partial charge in [0.25, 0.3) is 0 Å². The fourth-order valence-corrected chi connectivity index (χ4v) is 1.97. The first kappa shape index (κ1) is 11.1. The van der Waals surface area contributed by atoms with Crippen LogP contribution in [0.25, 0.3) is 10.9 Å². The summed E-state index contributed by atoms with van der Waals surface area (Å²) in [5, 5.41) is 19.6. The monoisotopic (exact) mass is 215 g/mol. The fraction of sp³-hybridized carbons (Fsp3) is 0.250. The Morgan fingerprint density at radius 2 is 2.00 bits per heavy atom. The lowest BCUT2D eigenvalue weighted by Crippen LogP contribution is -2.33. The van der Waals surface area contributed by atoms with Crippen LogP contribution in [0, 0.1) is 0 Å². The molecule has 0 aliphatic carbocycles. The van der Waals surface area contributed by atoms with Gasteiger partial charge in [-0.3, -0.25) is 4.98 Å². The molecule has 0 fully saturated rings. The van der Waals surface area contributed by atoms with Crippen LogP contribution >= 0.6 is 0 Å². The summed E-state index contributed by atoms with van der Waals surface area (Å²) in [5.74, 6) is 0. The Balaban J connectivity index is 2.68. The van der Waals surface area contributed by atoms with Gasteiger partial charge in [-0.05, 0) is 18.1 Å². The zero-order valence-electron chi connectivity index (χ0n) is 9.22. The molecule has 0 spiro atoms. The third-order valence-electron chi connectivity index (χ3n) is 2.70. The summed E-state index contributed by atoms with van der Waals surface area (Å²) in [6.07, 6.45) is 3.35. The minimum atomic E-state index is -1.45. The highest BCUT2D eigenvalue weighted by atomic mass is 16.4. The molecule has 0 unspecified atom stereocenters. The predicted molar refractivity (Wildman–Crippen MR) is 65.6 cm³/mol. The van der Waals surface area contributed by atoms with Crippen molar-refractivity contribution in [1.82, 2.24) is 4.98 Å². The summed E-state index contributed by atoms with van der Waals surface area (Å²) in [6, 6.07) is 7.78. The molecular formula is C12H14BNO2. The van der Waals surface area contributed by atoms with Gasteiger partial charge >= 0.3 is 7.12 Å². The lowest BCUT2D eigenvalue weighted by Gasteiger charge is -2.10. The zero-order chi connectivity index (χ0) is 11.5. The standard InChI is InChI=1S/C12H14BNO2/c1-2-5-9-10-6-3-4-7-12(10)14-8-11(9)13(15)16/h3-4,6-8,15-16H,2,5H2,1H3. The van der Waals surface area contributed by atoms with Crippen molar-refractivity contribution in [2.45, 2.75) is 19.8 Å². The molecule has 1 heterocycles. The Morgan fingerprint density at radius 1 is 1.25 bits per heavy atom. The molecule has 2 rings (SSSR count). The second kappa shape index (κ2) is 4.64. The minimum absolute atomic E-state index is 0.514. The van der Waals surface area contributed by atoms with Crippen LogP contribution in [-0.4, -0.2) is 22.2 Å². The molecule has 0 aliphatic rings. The maximum absolute atomic E-state index is 9.31. The van der Waals surface area contributed by atoms with Crippen molar-refractivity contribution < 1.29 is 10.0 Å². The van der Waals surface area contributed by atoms with E-state index in [9.17, 15) is 10.0 Å². The molecule has 3 nitrogen and oxygen atoms in total. The molecule has 0 atom stereocenters. The quantitative estimate of drug-likeness (QED) is 0.747. The van der Waals surface area contributed by atoms with Crippen LogP contribution in [-0.2, 0) is 6.42 Å². The Morgan fingerprint density at radius 3 is 2.69 bits per heavy atom. The van der Waals surface area contributed by atoms with Crippen molar-refractivity contribution >= 4 is 23.5 Å². The topological polar surface area (TPSA) is 53.4 Å². The number of nitrogens with zero attached hydrogens (tertiary/aromatic N) is 1. The van der Waals surface area contributed by atoms with Gasteiger partial charge in [0.05, 0.1) is 5.52 Å². The van der Waals surface area contributed by atoms with Gasteiger partial charge < -0.3 is 10.0 Å². The zero-order valence-corrected chi connectivity index (χ0v) is 9.22. The van der Waals surface area contributed by atoms with Crippen LogP contribution in [0.2, 0.25) is 0 Å². The van der Waals surface area contributed by atoms with Gasteiger partial charge in [-0.2, -0.15) is 0 Å². The van der Waals surface area contributed by atoms with Gasteiger partial charge in [0, 0.05) is 17.0 Å². The van der Waals surface area contributed by atoms with Gasteiger partial charge in [0.15, 0.2) is 0 Å². The number of fused-ring (bicyclic) bond motifs is 1. The number of hydrogen-bond donors (Lipinski definition) is 2. The Kier molecular flexibility index (Phi) is 3.22. The van der Waals surface area contributed by atoms with Crippen molar-refractivity contribution in [3.8, 4) is 0 Å². The van der Waals surface area contributed by atoms with Gasteiger partial charge in [-0.15, -0.1) is 0 Å². The summed E-state index contributed by atoms with van der Waals surface area (Å²) in [6.45, 7) is 2.07. The summed E-state index contributed by atoms with van der Waals surface area (Å²) < 4.78 is 0. The number of rotatable bonds is 3. The van der Waals surface area contributed by atoms with E-state index >= 15 is 0 Å². The normalized spacial score (nSPS) is 10.7. The van der Waals surface area contributed by atoms with E-state index in [1.54, 1.807) is 6.20 Å². The highest BCUT2D eigenvalue weighted by Gasteiger charge is 2.17. The van der Waals surface area contributed by atoms with Crippen molar-refractivity contribution in [2.24, 2.45) is 0 Å². The predicted octanol–water partition coefficient (Wildman–Crippen LogP) is 0.867. The number of pyridine rings is 1. The highest BCUT2D eigenvalue weighted by molar-refractivity contribution is 6.59. The molecule has 0 bridgehead atoms. The average Bonchev–Trinajstić information content (AvgIpc) is 2.29. The fourth-order valence-electron chi connectivity index (χ4n) is 1.97. The molecule has 0 aliphatic heterocycles. The first-order valence-electron chi connectivity index (χ1n) is 5.46. The maximum atomic E-state index is 9.31. The molecule has 16 heavy (non-hydrogen) atoms. The molecule has 0 amide bonds. The van der Waals surface area contributed by atoms with E-state index in [2.05, 4.69) is 11.9 Å². The van der Waals surface area contributed by atoms with Crippen molar-refractivity contribution in [1.29, 1.82) is 0 Å². The van der Waals surface area contributed by atoms with Crippen LogP contribution in [0.15, 0.2) is 30.5 Å². The SMILES string of the molecule is CCCc1c(B(O)O)cnc2ccccc12. The Hall–Kier alpha value is -1.39. The molecule has 1 aromatic heterocycles. The van der Waals surface area contributed by atoms with Gasteiger partial charge in [0.1, 0.15) is 0 Å². The van der Waals surface area contributed by atoms with Crippen molar-refractivity contribution in [3.05, 3.63) is 36.0 Å². The molecule has 1 aromatic carbocycles. The van der Waals surface area contributed by atoms with Crippen molar-refractivity contribution in [3.63, 3.8) is 0 Å². The Bertz CT molecular complexity index is 499. The molecular weight excluding hydrogens is 201 g/mol. The molecule has 4 heteroatoms. The van der Waals surface area contributed by atoms with E-state index in [1.165, 1.54) is 0 Å². The van der Waals surface area contributed by atoms with E-state index in [0.717, 1.165) is 29.3 Å². The second-order valence-electron chi connectivity index (χ2n) is 3.83. The number of hydrogen-bond acceptors (Lipinski definition) is 3. The van der Waals surface area contributed by atoms with E-state index in [-0.39, 0.29) is 0 Å². The first-order chi connectivity index (χ1) is 7.74. The summed E-state index contributed by atoms with van der Waals surface area (Å²) in [7, 11) is -1.45. The van der Waals surface area contributed by atoms with Crippen LogP contribution in [0.5, 0.6) is 0 Å². The lowest BCUT2D eigenvalue weighted by molar-refractivity contribution is 0.425. The molecule has 82 valence electrons. The van der Waals surface area contributed by atoms with E-state index in [0.29, 0.717) is 5.46 Å². The minimum Gasteiger partial charge on any atom is -0.423 e. The first-order valence-corrected chi connectivity index (χ1v) is 5.46.